The Balaban J connectivity index is 1.84. The number of oxazole rings is 1. The van der Waals surface area contributed by atoms with Crippen LogP contribution in [-0.4, -0.2) is 59.9 Å². The topological polar surface area (TPSA) is 171 Å². The Morgan fingerprint density at radius 1 is 1.00 bits per heavy atom. The number of aliphatic hydroxyl groups excluding tert-OH is 2. The number of aromatic nitrogens is 1. The summed E-state index contributed by atoms with van der Waals surface area (Å²) in [6.07, 6.45) is -2.14. The number of nitrogens with zero attached hydrogens (tertiary/aromatic N) is 1. The monoisotopic (exact) mass is 594 g/mol. The number of halogens is 2. The van der Waals surface area contributed by atoms with Crippen LogP contribution in [0.5, 0.6) is 0 Å². The van der Waals surface area contributed by atoms with E-state index in [2.05, 4.69) is 15.6 Å². The number of carbonyl (C=O) groups is 2. The molecule has 0 saturated carbocycles. The summed E-state index contributed by atoms with van der Waals surface area (Å²) in [6.45, 7) is 3.51. The second-order valence-corrected chi connectivity index (χ2v) is 11.7. The van der Waals surface area contributed by atoms with Crippen LogP contribution in [0.25, 0.3) is 0 Å². The Bertz CT molecular complexity index is 1430. The fraction of sp³-hybridized carbons (Fsp3) is 0.370. The molecule has 0 aliphatic carbocycles. The van der Waals surface area contributed by atoms with Gasteiger partial charge in [0, 0.05) is 12.6 Å². The Hall–Kier alpha value is -3.88. The number of aliphatic hydroxyl groups is 2. The van der Waals surface area contributed by atoms with E-state index in [0.29, 0.717) is 6.07 Å². The van der Waals surface area contributed by atoms with E-state index in [4.69, 9.17) is 4.42 Å². The van der Waals surface area contributed by atoms with Crippen LogP contribution >= 0.6 is 0 Å². The van der Waals surface area contributed by atoms with Crippen molar-refractivity contribution in [3.8, 4) is 0 Å². The summed E-state index contributed by atoms with van der Waals surface area (Å²) >= 11 is 0. The van der Waals surface area contributed by atoms with Crippen LogP contribution in [0.3, 0.4) is 0 Å². The van der Waals surface area contributed by atoms with Crippen molar-refractivity contribution in [2.45, 2.75) is 45.1 Å². The van der Waals surface area contributed by atoms with E-state index < -0.39 is 69.6 Å². The van der Waals surface area contributed by atoms with Gasteiger partial charge >= 0.3 is 6.01 Å². The van der Waals surface area contributed by atoms with Crippen LogP contribution in [0, 0.1) is 23.5 Å². The van der Waals surface area contributed by atoms with Gasteiger partial charge in [-0.15, -0.1) is 0 Å². The van der Waals surface area contributed by atoms with E-state index in [9.17, 15) is 37.0 Å². The fourth-order valence-electron chi connectivity index (χ4n) is 4.27. The van der Waals surface area contributed by atoms with Gasteiger partial charge in [0.25, 0.3) is 5.91 Å². The normalized spacial score (nSPS) is 14.6. The molecule has 0 fully saturated rings. The SMILES string of the molecule is CC(C)[C@@H](C(=O)NCc1ccccc1)[C@@H](O)[C@H](O)[C@H](Cc1cc(F)cc(F)c1)NC(=O)c1coc(NS(C)(=O)=O)n1. The third-order valence-electron chi connectivity index (χ3n) is 6.16. The van der Waals surface area contributed by atoms with Gasteiger partial charge in [-0.1, -0.05) is 44.2 Å². The smallest absolute Gasteiger partial charge is 0.309 e. The van der Waals surface area contributed by atoms with Crippen molar-refractivity contribution in [1.29, 1.82) is 0 Å². The highest BCUT2D eigenvalue weighted by molar-refractivity contribution is 7.91. The van der Waals surface area contributed by atoms with Crippen molar-refractivity contribution in [3.63, 3.8) is 0 Å². The van der Waals surface area contributed by atoms with Crippen molar-refractivity contribution in [2.24, 2.45) is 11.8 Å². The number of hydrogen-bond acceptors (Lipinski definition) is 8. The van der Waals surface area contributed by atoms with Crippen LogP contribution in [0.15, 0.2) is 59.2 Å². The van der Waals surface area contributed by atoms with Crippen LogP contribution in [0.4, 0.5) is 14.8 Å². The van der Waals surface area contributed by atoms with Crippen molar-refractivity contribution in [2.75, 3.05) is 11.0 Å². The summed E-state index contributed by atoms with van der Waals surface area (Å²) in [5.74, 6) is -4.88. The standard InChI is InChI=1S/C27H32F2N4O7S/c1-15(2)22(26(37)30-13-16-7-5-4-6-8-16)24(35)23(34)20(11-17-9-18(28)12-19(29)10-17)31-25(36)21-14-40-27(32-21)33-41(3,38)39/h4-10,12,14-15,20,22-24,34-35H,11,13H2,1-3H3,(H,30,37)(H,31,36)(H,32,33)/t20-,22+,23+,24+/m0/s1. The average Bonchev–Trinajstić information content (AvgIpc) is 3.33. The zero-order valence-corrected chi connectivity index (χ0v) is 23.4. The Labute approximate surface area is 236 Å². The lowest BCUT2D eigenvalue weighted by Gasteiger charge is -2.33. The highest BCUT2D eigenvalue weighted by atomic mass is 32.2. The predicted octanol–water partition coefficient (Wildman–Crippen LogP) is 1.98. The third kappa shape index (κ3) is 9.33. The lowest BCUT2D eigenvalue weighted by atomic mass is 9.83. The van der Waals surface area contributed by atoms with E-state index in [1.54, 1.807) is 38.1 Å². The molecule has 0 radical (unpaired) electrons. The van der Waals surface area contributed by atoms with Gasteiger partial charge in [-0.05, 0) is 35.6 Å². The summed E-state index contributed by atoms with van der Waals surface area (Å²) < 4.78 is 57.5. The van der Waals surface area contributed by atoms with Gasteiger partial charge in [-0.25, -0.2) is 21.9 Å². The molecule has 3 rings (SSSR count). The second-order valence-electron chi connectivity index (χ2n) is 9.93. The highest BCUT2D eigenvalue weighted by Gasteiger charge is 2.39. The largest absolute Gasteiger partial charge is 0.431 e. The van der Waals surface area contributed by atoms with Crippen LogP contribution in [0.2, 0.25) is 0 Å². The number of nitrogens with one attached hydrogen (secondary N) is 3. The minimum Gasteiger partial charge on any atom is -0.431 e. The summed E-state index contributed by atoms with van der Waals surface area (Å²) in [7, 11) is -3.75. The van der Waals surface area contributed by atoms with Gasteiger partial charge in [0.2, 0.25) is 15.9 Å². The molecule has 14 heteroatoms. The van der Waals surface area contributed by atoms with Crippen LogP contribution in [0.1, 0.15) is 35.5 Å². The molecule has 3 aromatic rings. The van der Waals surface area contributed by atoms with Gasteiger partial charge in [0.05, 0.1) is 24.3 Å². The predicted molar refractivity (Wildman–Crippen MR) is 145 cm³/mol. The Morgan fingerprint density at radius 2 is 1.63 bits per heavy atom. The summed E-state index contributed by atoms with van der Waals surface area (Å²) in [6, 6.07) is 9.83. The highest BCUT2D eigenvalue weighted by Crippen LogP contribution is 2.23. The zero-order chi connectivity index (χ0) is 30.3. The molecule has 2 aromatic carbocycles. The summed E-state index contributed by atoms with van der Waals surface area (Å²) in [5, 5.41) is 27.6. The second kappa shape index (κ2) is 13.7. The number of carbonyl (C=O) groups excluding carboxylic acids is 2. The average molecular weight is 595 g/mol. The minimum absolute atomic E-state index is 0.0493. The molecule has 5 N–H and O–H groups in total. The molecule has 4 atom stereocenters. The first-order valence-corrected chi connectivity index (χ1v) is 14.5. The zero-order valence-electron chi connectivity index (χ0n) is 22.5. The minimum atomic E-state index is -3.75. The quantitative estimate of drug-likeness (QED) is 0.200. The lowest BCUT2D eigenvalue weighted by Crippen LogP contribution is -2.55. The number of rotatable bonds is 13. The van der Waals surface area contributed by atoms with E-state index in [0.717, 1.165) is 30.2 Å². The van der Waals surface area contributed by atoms with Gasteiger partial charge in [0.1, 0.15) is 24.0 Å². The maximum absolute atomic E-state index is 13.9. The number of anilines is 1. The van der Waals surface area contributed by atoms with Gasteiger partial charge in [-0.2, -0.15) is 4.98 Å². The number of sulfonamides is 1. The van der Waals surface area contributed by atoms with Crippen molar-refractivity contribution >= 4 is 27.9 Å². The van der Waals surface area contributed by atoms with Gasteiger partial charge < -0.3 is 25.3 Å². The Kier molecular flexibility index (Phi) is 10.5. The molecule has 2 amide bonds. The molecule has 41 heavy (non-hydrogen) atoms. The molecule has 0 unspecified atom stereocenters. The molecular weight excluding hydrogens is 562 g/mol. The molecular formula is C27H32F2N4O7S. The van der Waals surface area contributed by atoms with E-state index in [-0.39, 0.29) is 24.2 Å². The first-order valence-electron chi connectivity index (χ1n) is 12.6. The Morgan fingerprint density at radius 3 is 2.22 bits per heavy atom. The van der Waals surface area contributed by atoms with E-state index >= 15 is 0 Å². The molecule has 11 nitrogen and oxygen atoms in total. The van der Waals surface area contributed by atoms with Crippen LogP contribution < -0.4 is 15.4 Å². The molecule has 0 aliphatic rings. The van der Waals surface area contributed by atoms with Crippen molar-refractivity contribution in [1.82, 2.24) is 15.6 Å². The maximum Gasteiger partial charge on any atom is 0.309 e. The van der Waals surface area contributed by atoms with Crippen molar-refractivity contribution in [3.05, 3.63) is 83.2 Å². The number of amides is 2. The van der Waals surface area contributed by atoms with E-state index in [1.165, 1.54) is 0 Å². The fourth-order valence-corrected chi connectivity index (χ4v) is 4.68. The lowest BCUT2D eigenvalue weighted by molar-refractivity contribution is -0.135. The van der Waals surface area contributed by atoms with Gasteiger partial charge in [-0.3, -0.25) is 9.59 Å². The molecule has 0 saturated heterocycles. The third-order valence-corrected chi connectivity index (χ3v) is 6.71. The molecule has 222 valence electrons. The number of hydrogen-bond donors (Lipinski definition) is 5. The van der Waals surface area contributed by atoms with Gasteiger partial charge in [0.15, 0.2) is 5.69 Å². The first-order chi connectivity index (χ1) is 19.2. The summed E-state index contributed by atoms with van der Waals surface area (Å²) in [4.78, 5) is 29.8. The first kappa shape index (κ1) is 31.6. The molecule has 0 spiro atoms. The number of benzene rings is 2. The van der Waals surface area contributed by atoms with Crippen LogP contribution in [-0.2, 0) is 27.8 Å². The summed E-state index contributed by atoms with van der Waals surface area (Å²) in [5.41, 5.74) is 0.483. The molecule has 1 aromatic heterocycles. The van der Waals surface area contributed by atoms with Crippen molar-refractivity contribution < 1.29 is 41.4 Å². The molecule has 0 aliphatic heterocycles. The molecule has 0 bridgehead atoms. The van der Waals surface area contributed by atoms with E-state index in [1.807, 2.05) is 10.8 Å². The maximum atomic E-state index is 13.9. The molecule has 1 heterocycles.